The molecule has 0 N–H and O–H groups in total. The molecule has 2 aromatic rings. The molecule has 3 nitrogen and oxygen atoms in total. The molecule has 0 saturated heterocycles. The van der Waals surface area contributed by atoms with E-state index in [2.05, 4.69) is 20.8 Å². The van der Waals surface area contributed by atoms with Crippen LogP contribution < -0.4 is 0 Å². The Labute approximate surface area is 124 Å². The van der Waals surface area contributed by atoms with Gasteiger partial charge in [0.2, 0.25) is 5.78 Å². The number of nitrogens with zero attached hydrogens (tertiary/aromatic N) is 1. The van der Waals surface area contributed by atoms with Crippen LogP contribution in [-0.2, 0) is 5.41 Å². The molecule has 0 amide bonds. The number of carbonyl (C=O) groups excluding carboxylic acids is 1. The summed E-state index contributed by atoms with van der Waals surface area (Å²) in [5.41, 5.74) is 2.16. The number of nitriles is 1. The normalized spacial score (nSPS) is 12.0. The molecule has 0 aliphatic rings. The third-order valence-corrected chi connectivity index (χ3v) is 3.20. The van der Waals surface area contributed by atoms with Crippen LogP contribution in [0.25, 0.3) is 6.08 Å². The lowest BCUT2D eigenvalue weighted by atomic mass is 9.86. The fourth-order valence-electron chi connectivity index (χ4n) is 1.94. The quantitative estimate of drug-likeness (QED) is 0.476. The number of carbonyl (C=O) groups is 1. The number of Topliss-reactive ketones (excluding diaryl/α,β-unsaturated/α-hetero) is 1. The number of furan rings is 1. The van der Waals surface area contributed by atoms with Gasteiger partial charge in [0.15, 0.2) is 5.76 Å². The lowest BCUT2D eigenvalue weighted by Gasteiger charge is -2.18. The van der Waals surface area contributed by atoms with E-state index in [1.54, 1.807) is 18.2 Å². The van der Waals surface area contributed by atoms with E-state index < -0.39 is 5.78 Å². The lowest BCUT2D eigenvalue weighted by molar-refractivity contribution is 0.101. The van der Waals surface area contributed by atoms with E-state index in [1.807, 2.05) is 30.3 Å². The van der Waals surface area contributed by atoms with Crippen molar-refractivity contribution < 1.29 is 9.21 Å². The number of hydrogen-bond donors (Lipinski definition) is 0. The first-order chi connectivity index (χ1) is 9.91. The Kier molecular flexibility index (Phi) is 4.09. The second kappa shape index (κ2) is 5.80. The summed E-state index contributed by atoms with van der Waals surface area (Å²) in [6.07, 6.45) is 3.00. The summed E-state index contributed by atoms with van der Waals surface area (Å²) in [5.74, 6) is -0.225. The Morgan fingerprint density at radius 2 is 1.86 bits per heavy atom. The first-order valence-corrected chi connectivity index (χ1v) is 6.72. The van der Waals surface area contributed by atoms with Gasteiger partial charge in [0.05, 0.1) is 6.26 Å². The van der Waals surface area contributed by atoms with Crippen molar-refractivity contribution in [2.45, 2.75) is 26.2 Å². The fourth-order valence-corrected chi connectivity index (χ4v) is 1.94. The minimum absolute atomic E-state index is 0.0634. The van der Waals surface area contributed by atoms with Crippen LogP contribution in [-0.4, -0.2) is 5.78 Å². The van der Waals surface area contributed by atoms with Crippen molar-refractivity contribution in [1.29, 1.82) is 5.26 Å². The summed E-state index contributed by atoms with van der Waals surface area (Å²) < 4.78 is 5.04. The highest BCUT2D eigenvalue weighted by molar-refractivity contribution is 6.12. The van der Waals surface area contributed by atoms with Crippen LogP contribution >= 0.6 is 0 Å². The molecule has 106 valence electrons. The largest absolute Gasteiger partial charge is 0.461 e. The van der Waals surface area contributed by atoms with Crippen LogP contribution in [0.3, 0.4) is 0 Å². The number of benzene rings is 1. The summed E-state index contributed by atoms with van der Waals surface area (Å²) >= 11 is 0. The van der Waals surface area contributed by atoms with Crippen LogP contribution in [0.1, 0.15) is 42.5 Å². The molecule has 0 radical (unpaired) electrons. The summed E-state index contributed by atoms with van der Waals surface area (Å²) in [7, 11) is 0. The maximum Gasteiger partial charge on any atom is 0.238 e. The maximum atomic E-state index is 12.1. The summed E-state index contributed by atoms with van der Waals surface area (Å²) in [4.78, 5) is 12.1. The third kappa shape index (κ3) is 3.49. The Balaban J connectivity index is 2.29. The van der Waals surface area contributed by atoms with Gasteiger partial charge in [-0.25, -0.2) is 0 Å². The highest BCUT2D eigenvalue weighted by Gasteiger charge is 2.15. The number of ketones is 1. The van der Waals surface area contributed by atoms with Crippen molar-refractivity contribution >= 4 is 11.9 Å². The molecular formula is C18H17NO2. The topological polar surface area (TPSA) is 54.0 Å². The van der Waals surface area contributed by atoms with Gasteiger partial charge in [0.1, 0.15) is 11.6 Å². The molecule has 1 aromatic heterocycles. The van der Waals surface area contributed by atoms with E-state index in [1.165, 1.54) is 11.8 Å². The van der Waals surface area contributed by atoms with Gasteiger partial charge in [-0.3, -0.25) is 4.79 Å². The summed E-state index contributed by atoms with van der Waals surface area (Å²) in [5, 5.41) is 9.16. The Hall–Kier alpha value is -2.60. The van der Waals surface area contributed by atoms with Crippen LogP contribution in [0.2, 0.25) is 0 Å². The van der Waals surface area contributed by atoms with Gasteiger partial charge in [0.25, 0.3) is 0 Å². The minimum atomic E-state index is -0.401. The zero-order chi connectivity index (χ0) is 15.5. The van der Waals surface area contributed by atoms with Gasteiger partial charge in [-0.05, 0) is 34.8 Å². The Morgan fingerprint density at radius 3 is 2.33 bits per heavy atom. The maximum absolute atomic E-state index is 12.1. The molecule has 2 rings (SSSR count). The van der Waals surface area contributed by atoms with Crippen molar-refractivity contribution in [3.63, 3.8) is 0 Å². The van der Waals surface area contributed by atoms with Gasteiger partial charge in [-0.1, -0.05) is 45.0 Å². The van der Waals surface area contributed by atoms with Gasteiger partial charge < -0.3 is 4.42 Å². The zero-order valence-corrected chi connectivity index (χ0v) is 12.4. The average Bonchev–Trinajstić information content (AvgIpc) is 2.97. The Morgan fingerprint density at radius 1 is 1.19 bits per heavy atom. The SMILES string of the molecule is CC(C)(C)c1ccc(/C=C(\C#N)C(=O)c2ccco2)cc1. The van der Waals surface area contributed by atoms with E-state index in [0.29, 0.717) is 0 Å². The van der Waals surface area contributed by atoms with E-state index in [9.17, 15) is 4.79 Å². The predicted octanol–water partition coefficient (Wildman–Crippen LogP) is 4.37. The molecule has 1 heterocycles. The summed E-state index contributed by atoms with van der Waals surface area (Å²) in [6, 6.07) is 13.0. The minimum Gasteiger partial charge on any atom is -0.461 e. The number of rotatable bonds is 3. The van der Waals surface area contributed by atoms with E-state index >= 15 is 0 Å². The summed E-state index contributed by atoms with van der Waals surface area (Å²) in [6.45, 7) is 6.41. The molecule has 0 saturated carbocycles. The number of hydrogen-bond acceptors (Lipinski definition) is 3. The molecule has 0 unspecified atom stereocenters. The second-order valence-electron chi connectivity index (χ2n) is 5.85. The van der Waals surface area contributed by atoms with Gasteiger partial charge >= 0.3 is 0 Å². The highest BCUT2D eigenvalue weighted by Crippen LogP contribution is 2.23. The van der Waals surface area contributed by atoms with E-state index in [0.717, 1.165) is 5.56 Å². The van der Waals surface area contributed by atoms with Gasteiger partial charge in [0, 0.05) is 0 Å². The molecular weight excluding hydrogens is 262 g/mol. The van der Waals surface area contributed by atoms with Crippen molar-refractivity contribution in [2.24, 2.45) is 0 Å². The second-order valence-corrected chi connectivity index (χ2v) is 5.85. The smallest absolute Gasteiger partial charge is 0.238 e. The zero-order valence-electron chi connectivity index (χ0n) is 12.4. The van der Waals surface area contributed by atoms with Crippen molar-refractivity contribution in [1.82, 2.24) is 0 Å². The molecule has 1 aromatic carbocycles. The highest BCUT2D eigenvalue weighted by atomic mass is 16.3. The first kappa shape index (κ1) is 14.8. The van der Waals surface area contributed by atoms with E-state index in [-0.39, 0.29) is 16.7 Å². The molecule has 0 bridgehead atoms. The number of allylic oxidation sites excluding steroid dienone is 1. The molecule has 0 aliphatic carbocycles. The molecule has 0 aliphatic heterocycles. The fraction of sp³-hybridized carbons (Fsp3) is 0.222. The van der Waals surface area contributed by atoms with Crippen molar-refractivity contribution in [2.75, 3.05) is 0 Å². The van der Waals surface area contributed by atoms with Crippen LogP contribution in [0, 0.1) is 11.3 Å². The molecule has 21 heavy (non-hydrogen) atoms. The molecule has 3 heteroatoms. The predicted molar refractivity (Wildman–Crippen MR) is 81.8 cm³/mol. The van der Waals surface area contributed by atoms with Crippen LogP contribution in [0.15, 0.2) is 52.7 Å². The Bertz CT molecular complexity index is 693. The lowest BCUT2D eigenvalue weighted by Crippen LogP contribution is -2.10. The average molecular weight is 279 g/mol. The first-order valence-electron chi connectivity index (χ1n) is 6.72. The molecule has 0 atom stereocenters. The van der Waals surface area contributed by atoms with Crippen molar-refractivity contribution in [3.05, 3.63) is 65.1 Å². The molecule has 0 fully saturated rings. The third-order valence-electron chi connectivity index (χ3n) is 3.20. The van der Waals surface area contributed by atoms with Crippen molar-refractivity contribution in [3.8, 4) is 6.07 Å². The van der Waals surface area contributed by atoms with Gasteiger partial charge in [-0.15, -0.1) is 0 Å². The molecule has 0 spiro atoms. The van der Waals surface area contributed by atoms with Crippen LogP contribution in [0.5, 0.6) is 0 Å². The standard InChI is InChI=1S/C18H17NO2/c1-18(2,3)15-8-6-13(7-9-15)11-14(12-19)17(20)16-5-4-10-21-16/h4-11H,1-3H3/b14-11+. The van der Waals surface area contributed by atoms with Crippen LogP contribution in [0.4, 0.5) is 0 Å². The van der Waals surface area contributed by atoms with E-state index in [4.69, 9.17) is 9.68 Å². The van der Waals surface area contributed by atoms with Gasteiger partial charge in [-0.2, -0.15) is 5.26 Å². The monoisotopic (exact) mass is 279 g/mol.